The highest BCUT2D eigenvalue weighted by atomic mass is 16.6. The molecule has 1 aliphatic rings. The zero-order chi connectivity index (χ0) is 14.4. The molecule has 0 aromatic carbocycles. The zero-order valence-corrected chi connectivity index (χ0v) is 11.8. The summed E-state index contributed by atoms with van der Waals surface area (Å²) in [5, 5.41) is 0. The van der Waals surface area contributed by atoms with Crippen LogP contribution in [0.25, 0.3) is 0 Å². The molecule has 0 amide bonds. The lowest BCUT2D eigenvalue weighted by atomic mass is 10.4. The molecule has 1 fully saturated rings. The average molecular weight is 281 g/mol. The van der Waals surface area contributed by atoms with Crippen LogP contribution in [-0.4, -0.2) is 55.5 Å². The first kappa shape index (κ1) is 14.5. The Bertz CT molecular complexity index is 461. The number of ether oxygens (including phenoxy) is 3. The third-order valence-electron chi connectivity index (χ3n) is 2.76. The monoisotopic (exact) mass is 281 g/mol. The van der Waals surface area contributed by atoms with E-state index in [2.05, 4.69) is 9.97 Å². The summed E-state index contributed by atoms with van der Waals surface area (Å²) in [5.41, 5.74) is 0.792. The van der Waals surface area contributed by atoms with Gasteiger partial charge in [0.25, 0.3) is 0 Å². The molecular formula is C13H19N3O4. The molecule has 110 valence electrons. The first-order chi connectivity index (χ1) is 9.69. The van der Waals surface area contributed by atoms with Gasteiger partial charge in [0, 0.05) is 24.8 Å². The minimum absolute atomic E-state index is 0.146. The van der Waals surface area contributed by atoms with Crippen LogP contribution < -0.4 is 9.64 Å². The third-order valence-corrected chi connectivity index (χ3v) is 2.76. The van der Waals surface area contributed by atoms with E-state index in [4.69, 9.17) is 14.2 Å². The number of hydrogen-bond donors (Lipinski definition) is 0. The van der Waals surface area contributed by atoms with Crippen LogP contribution in [0.4, 0.5) is 5.95 Å². The van der Waals surface area contributed by atoms with Gasteiger partial charge in [-0.3, -0.25) is 0 Å². The molecule has 0 radical (unpaired) electrons. The Labute approximate surface area is 117 Å². The van der Waals surface area contributed by atoms with E-state index in [-0.39, 0.29) is 6.61 Å². The summed E-state index contributed by atoms with van der Waals surface area (Å²) in [6.45, 7) is 6.64. The molecule has 0 bridgehead atoms. The van der Waals surface area contributed by atoms with Crippen molar-refractivity contribution in [3.63, 3.8) is 0 Å². The molecular weight excluding hydrogens is 262 g/mol. The number of carbonyl (C=O) groups is 1. The number of hydrogen-bond acceptors (Lipinski definition) is 7. The highest BCUT2D eigenvalue weighted by Crippen LogP contribution is 2.16. The van der Waals surface area contributed by atoms with Crippen LogP contribution in [0.2, 0.25) is 0 Å². The highest BCUT2D eigenvalue weighted by Gasteiger charge is 2.15. The van der Waals surface area contributed by atoms with E-state index < -0.39 is 5.97 Å². The normalized spacial score (nSPS) is 15.0. The van der Waals surface area contributed by atoms with Crippen molar-refractivity contribution in [3.05, 3.63) is 11.8 Å². The maximum Gasteiger partial charge on any atom is 0.344 e. The van der Waals surface area contributed by atoms with E-state index in [1.54, 1.807) is 13.0 Å². The number of aromatic nitrogens is 2. The summed E-state index contributed by atoms with van der Waals surface area (Å²) in [6, 6.07) is 1.70. The standard InChI is InChI=1S/C13H19N3O4/c1-3-19-12(17)9-20-11-8-10(2)14-13(15-11)16-4-6-18-7-5-16/h8H,3-7,9H2,1-2H3. The smallest absolute Gasteiger partial charge is 0.344 e. The van der Waals surface area contributed by atoms with Crippen molar-refractivity contribution < 1.29 is 19.0 Å². The fourth-order valence-corrected chi connectivity index (χ4v) is 1.84. The maximum absolute atomic E-state index is 11.3. The molecule has 0 aliphatic carbocycles. The van der Waals surface area contributed by atoms with Crippen molar-refractivity contribution in [2.45, 2.75) is 13.8 Å². The number of carbonyl (C=O) groups excluding carboxylic acids is 1. The number of aryl methyl sites for hydroxylation is 1. The van der Waals surface area contributed by atoms with Crippen LogP contribution in [0.1, 0.15) is 12.6 Å². The maximum atomic E-state index is 11.3. The number of morpholine rings is 1. The zero-order valence-electron chi connectivity index (χ0n) is 11.8. The molecule has 2 heterocycles. The van der Waals surface area contributed by atoms with Crippen molar-refractivity contribution in [1.82, 2.24) is 9.97 Å². The molecule has 1 saturated heterocycles. The Hall–Kier alpha value is -1.89. The molecule has 1 aromatic heterocycles. The quantitative estimate of drug-likeness (QED) is 0.730. The first-order valence-electron chi connectivity index (χ1n) is 6.66. The SMILES string of the molecule is CCOC(=O)COc1cc(C)nc(N2CCOCC2)n1. The van der Waals surface area contributed by atoms with Gasteiger partial charge >= 0.3 is 5.97 Å². The van der Waals surface area contributed by atoms with Crippen molar-refractivity contribution in [2.75, 3.05) is 44.4 Å². The second kappa shape index (κ2) is 7.04. The summed E-state index contributed by atoms with van der Waals surface area (Å²) in [7, 11) is 0. The minimum Gasteiger partial charge on any atom is -0.466 e. The third kappa shape index (κ3) is 4.06. The fourth-order valence-electron chi connectivity index (χ4n) is 1.84. The van der Waals surface area contributed by atoms with E-state index in [0.29, 0.717) is 31.6 Å². The highest BCUT2D eigenvalue weighted by molar-refractivity contribution is 5.71. The molecule has 2 rings (SSSR count). The Morgan fingerprint density at radius 1 is 1.40 bits per heavy atom. The number of esters is 1. The lowest BCUT2D eigenvalue weighted by Gasteiger charge is -2.27. The summed E-state index contributed by atoms with van der Waals surface area (Å²) in [4.78, 5) is 22.0. The van der Waals surface area contributed by atoms with E-state index in [0.717, 1.165) is 18.8 Å². The van der Waals surface area contributed by atoms with Gasteiger partial charge in [0.2, 0.25) is 11.8 Å². The first-order valence-corrected chi connectivity index (χ1v) is 6.66. The van der Waals surface area contributed by atoms with E-state index in [1.165, 1.54) is 0 Å². The van der Waals surface area contributed by atoms with Crippen molar-refractivity contribution in [2.24, 2.45) is 0 Å². The molecule has 0 saturated carbocycles. The Balaban J connectivity index is 2.02. The van der Waals surface area contributed by atoms with Crippen LogP contribution in [0.5, 0.6) is 5.88 Å². The van der Waals surface area contributed by atoms with Crippen molar-refractivity contribution >= 4 is 11.9 Å². The molecule has 1 aliphatic heterocycles. The molecule has 0 atom stereocenters. The molecule has 0 unspecified atom stereocenters. The van der Waals surface area contributed by atoms with Crippen LogP contribution in [0.3, 0.4) is 0 Å². The molecule has 7 heteroatoms. The van der Waals surface area contributed by atoms with Gasteiger partial charge in [0.1, 0.15) is 0 Å². The van der Waals surface area contributed by atoms with Gasteiger partial charge in [-0.15, -0.1) is 0 Å². The Morgan fingerprint density at radius 3 is 2.85 bits per heavy atom. The van der Waals surface area contributed by atoms with Gasteiger partial charge in [0.05, 0.1) is 19.8 Å². The molecule has 20 heavy (non-hydrogen) atoms. The number of rotatable bonds is 5. The second-order valence-electron chi connectivity index (χ2n) is 4.34. The van der Waals surface area contributed by atoms with Crippen LogP contribution in [-0.2, 0) is 14.3 Å². The molecule has 0 spiro atoms. The summed E-state index contributed by atoms with van der Waals surface area (Å²) in [5.74, 6) is 0.580. The molecule has 1 aromatic rings. The lowest BCUT2D eigenvalue weighted by Crippen LogP contribution is -2.37. The van der Waals surface area contributed by atoms with Gasteiger partial charge in [-0.05, 0) is 13.8 Å². The number of anilines is 1. The average Bonchev–Trinajstić information content (AvgIpc) is 2.46. The van der Waals surface area contributed by atoms with Gasteiger partial charge in [-0.2, -0.15) is 4.98 Å². The van der Waals surface area contributed by atoms with Crippen LogP contribution >= 0.6 is 0 Å². The summed E-state index contributed by atoms with van der Waals surface area (Å²) >= 11 is 0. The molecule has 7 nitrogen and oxygen atoms in total. The summed E-state index contributed by atoms with van der Waals surface area (Å²) < 4.78 is 15.5. The minimum atomic E-state index is -0.406. The van der Waals surface area contributed by atoms with E-state index in [9.17, 15) is 4.79 Å². The predicted molar refractivity (Wildman–Crippen MR) is 71.9 cm³/mol. The van der Waals surface area contributed by atoms with Crippen LogP contribution in [0, 0.1) is 6.92 Å². The lowest BCUT2D eigenvalue weighted by molar-refractivity contribution is -0.145. The van der Waals surface area contributed by atoms with Gasteiger partial charge in [-0.1, -0.05) is 0 Å². The summed E-state index contributed by atoms with van der Waals surface area (Å²) in [6.07, 6.45) is 0. The van der Waals surface area contributed by atoms with Crippen molar-refractivity contribution in [3.8, 4) is 5.88 Å². The van der Waals surface area contributed by atoms with Gasteiger partial charge < -0.3 is 19.1 Å². The van der Waals surface area contributed by atoms with Crippen LogP contribution in [0.15, 0.2) is 6.07 Å². The Kier molecular flexibility index (Phi) is 5.11. The molecule has 0 N–H and O–H groups in total. The van der Waals surface area contributed by atoms with Crippen molar-refractivity contribution in [1.29, 1.82) is 0 Å². The Morgan fingerprint density at radius 2 is 2.15 bits per heavy atom. The fraction of sp³-hybridized carbons (Fsp3) is 0.615. The second-order valence-corrected chi connectivity index (χ2v) is 4.34. The van der Waals surface area contributed by atoms with Gasteiger partial charge in [-0.25, -0.2) is 9.78 Å². The van der Waals surface area contributed by atoms with E-state index >= 15 is 0 Å². The number of nitrogens with zero attached hydrogens (tertiary/aromatic N) is 3. The van der Waals surface area contributed by atoms with Gasteiger partial charge in [0.15, 0.2) is 6.61 Å². The predicted octanol–water partition coefficient (Wildman–Crippen LogP) is 0.564. The topological polar surface area (TPSA) is 73.8 Å². The van der Waals surface area contributed by atoms with E-state index in [1.807, 2.05) is 11.8 Å². The largest absolute Gasteiger partial charge is 0.466 e.